The van der Waals surface area contributed by atoms with Crippen LogP contribution in [0, 0.1) is 0 Å². The topological polar surface area (TPSA) is 34.6 Å². The summed E-state index contributed by atoms with van der Waals surface area (Å²) >= 11 is 0. The zero-order valence-electron chi connectivity index (χ0n) is 7.46. The van der Waals surface area contributed by atoms with Gasteiger partial charge in [0, 0.05) is 0 Å². The Hall–Kier alpha value is -1.71. The van der Waals surface area contributed by atoms with Gasteiger partial charge >= 0.3 is 0 Å². The second kappa shape index (κ2) is 3.35. The van der Waals surface area contributed by atoms with E-state index in [0.29, 0.717) is 0 Å². The van der Waals surface area contributed by atoms with E-state index in [2.05, 4.69) is 10.4 Å². The van der Waals surface area contributed by atoms with Crippen LogP contribution in [0.5, 0.6) is 0 Å². The predicted molar refractivity (Wildman–Crippen MR) is 47.2 cm³/mol. The molecule has 4 nitrogen and oxygen atoms in total. The van der Waals surface area contributed by atoms with Crippen molar-refractivity contribution in [3.05, 3.63) is 36.7 Å². The molecule has 0 aliphatic rings. The number of aryl methyl sites for hydroxylation is 1. The Labute approximate surface area is 76.4 Å². The summed E-state index contributed by atoms with van der Waals surface area (Å²) in [5.41, 5.74) is 1.03. The molecule has 0 fully saturated rings. The molecule has 1 aromatic carbocycles. The van der Waals surface area contributed by atoms with Crippen LogP contribution >= 0.6 is 0 Å². The fraction of sp³-hybridized carbons (Fsp3) is 0.222. The fourth-order valence-electron chi connectivity index (χ4n) is 1.11. The molecule has 2 aromatic rings. The third-order valence-electron chi connectivity index (χ3n) is 1.84. The monoisotopic (exact) mass is 175 g/mol. The largest absolute Gasteiger partial charge is 0.250 e. The standard InChI is InChI=1S/C9H11N4/c1-2-12-8-13(11-10-12)9-6-4-3-5-7-9/h3-8H,2H2,1H3/q+1. The number of tetrazole rings is 1. The van der Waals surface area contributed by atoms with E-state index in [-0.39, 0.29) is 0 Å². The Morgan fingerprint density at radius 2 is 2.08 bits per heavy atom. The van der Waals surface area contributed by atoms with E-state index < -0.39 is 0 Å². The molecule has 66 valence electrons. The summed E-state index contributed by atoms with van der Waals surface area (Å²) in [6, 6.07) is 9.93. The third-order valence-corrected chi connectivity index (χ3v) is 1.84. The van der Waals surface area contributed by atoms with Crippen molar-refractivity contribution in [2.45, 2.75) is 13.5 Å². The maximum atomic E-state index is 3.99. The van der Waals surface area contributed by atoms with Gasteiger partial charge in [0.2, 0.25) is 6.33 Å². The molecule has 4 heteroatoms. The molecule has 0 aliphatic carbocycles. The minimum atomic E-state index is 0.840. The normalized spacial score (nSPS) is 10.2. The molecule has 0 radical (unpaired) electrons. The van der Waals surface area contributed by atoms with Crippen molar-refractivity contribution in [2.75, 3.05) is 0 Å². The average Bonchev–Trinajstić information content (AvgIpc) is 2.67. The molecule has 0 spiro atoms. The van der Waals surface area contributed by atoms with Crippen molar-refractivity contribution >= 4 is 0 Å². The quantitative estimate of drug-likeness (QED) is 0.625. The Bertz CT molecular complexity index is 380. The Balaban J connectivity index is 2.36. The highest BCUT2D eigenvalue weighted by Crippen LogP contribution is 2.01. The maximum absolute atomic E-state index is 3.99. The van der Waals surface area contributed by atoms with E-state index in [1.165, 1.54) is 0 Å². The number of nitrogens with zero attached hydrogens (tertiary/aromatic N) is 4. The first-order valence-electron chi connectivity index (χ1n) is 4.27. The lowest BCUT2D eigenvalue weighted by atomic mass is 10.3. The molecule has 0 atom stereocenters. The van der Waals surface area contributed by atoms with Crippen LogP contribution in [0.25, 0.3) is 5.69 Å². The predicted octanol–water partition coefficient (Wildman–Crippen LogP) is 0.575. The minimum absolute atomic E-state index is 0.840. The summed E-state index contributed by atoms with van der Waals surface area (Å²) in [6.07, 6.45) is 1.87. The number of para-hydroxylation sites is 1. The highest BCUT2D eigenvalue weighted by atomic mass is 15.6. The van der Waals surface area contributed by atoms with Crippen LogP contribution < -0.4 is 4.68 Å². The number of hydrogen-bond donors (Lipinski definition) is 0. The fourth-order valence-corrected chi connectivity index (χ4v) is 1.11. The molecule has 0 bridgehead atoms. The Kier molecular flexibility index (Phi) is 2.04. The molecule has 1 heterocycles. The first kappa shape index (κ1) is 7.91. The van der Waals surface area contributed by atoms with Crippen molar-refractivity contribution < 1.29 is 4.68 Å². The van der Waals surface area contributed by atoms with Gasteiger partial charge in [-0.1, -0.05) is 22.9 Å². The first-order chi connectivity index (χ1) is 6.40. The smallest absolute Gasteiger partial charge is 0.140 e. The molecule has 0 saturated carbocycles. The van der Waals surface area contributed by atoms with Gasteiger partial charge in [0.25, 0.3) is 0 Å². The summed E-state index contributed by atoms with van der Waals surface area (Å²) in [7, 11) is 0. The van der Waals surface area contributed by atoms with Gasteiger partial charge in [-0.2, -0.15) is 0 Å². The van der Waals surface area contributed by atoms with E-state index >= 15 is 0 Å². The van der Waals surface area contributed by atoms with Gasteiger partial charge in [-0.15, -0.1) is 4.68 Å². The van der Waals surface area contributed by atoms with Crippen LogP contribution in [0.2, 0.25) is 0 Å². The van der Waals surface area contributed by atoms with E-state index in [9.17, 15) is 0 Å². The number of aromatic nitrogens is 4. The van der Waals surface area contributed by atoms with Crippen LogP contribution in [-0.2, 0) is 6.54 Å². The van der Waals surface area contributed by atoms with Crippen molar-refractivity contribution in [1.82, 2.24) is 15.1 Å². The van der Waals surface area contributed by atoms with Gasteiger partial charge < -0.3 is 0 Å². The lowest BCUT2D eigenvalue weighted by molar-refractivity contribution is -0.751. The summed E-state index contributed by atoms with van der Waals surface area (Å²) < 4.78 is 3.54. The van der Waals surface area contributed by atoms with E-state index in [1.807, 2.05) is 43.6 Å². The second-order valence-corrected chi connectivity index (χ2v) is 2.73. The molecule has 1 aromatic heterocycles. The van der Waals surface area contributed by atoms with Crippen LogP contribution in [-0.4, -0.2) is 15.1 Å². The van der Waals surface area contributed by atoms with Gasteiger partial charge in [-0.3, -0.25) is 0 Å². The summed E-state index contributed by atoms with van der Waals surface area (Å²) in [4.78, 5) is 0. The zero-order valence-corrected chi connectivity index (χ0v) is 7.46. The highest BCUT2D eigenvalue weighted by Gasteiger charge is 2.07. The van der Waals surface area contributed by atoms with Gasteiger partial charge in [0.1, 0.15) is 10.9 Å². The zero-order chi connectivity index (χ0) is 9.10. The lowest BCUT2D eigenvalue weighted by Crippen LogP contribution is -2.33. The van der Waals surface area contributed by atoms with Crippen LogP contribution in [0.15, 0.2) is 36.7 Å². The molecule has 13 heavy (non-hydrogen) atoms. The van der Waals surface area contributed by atoms with Gasteiger partial charge in [0.05, 0.1) is 6.54 Å². The molecular formula is C9H11N4+. The Morgan fingerprint density at radius 1 is 1.31 bits per heavy atom. The molecule has 0 amide bonds. The summed E-state index contributed by atoms with van der Waals surface area (Å²) in [5.74, 6) is 0. The Morgan fingerprint density at radius 3 is 2.69 bits per heavy atom. The molecule has 0 aliphatic heterocycles. The van der Waals surface area contributed by atoms with E-state index in [1.54, 1.807) is 9.36 Å². The summed E-state index contributed by atoms with van der Waals surface area (Å²) in [5, 5.41) is 7.93. The van der Waals surface area contributed by atoms with Gasteiger partial charge in [0.15, 0.2) is 5.21 Å². The lowest BCUT2D eigenvalue weighted by Gasteiger charge is -1.88. The van der Waals surface area contributed by atoms with Crippen LogP contribution in [0.1, 0.15) is 6.92 Å². The van der Waals surface area contributed by atoms with Crippen LogP contribution in [0.3, 0.4) is 0 Å². The molecule has 2 rings (SSSR count). The molecule has 0 unspecified atom stereocenters. The van der Waals surface area contributed by atoms with Crippen LogP contribution in [0.4, 0.5) is 0 Å². The number of rotatable bonds is 2. The summed E-state index contributed by atoms with van der Waals surface area (Å²) in [6.45, 7) is 2.87. The maximum Gasteiger partial charge on any atom is 0.250 e. The SMILES string of the molecule is CC[n+]1cn(-c2ccccc2)nn1. The van der Waals surface area contributed by atoms with Crippen molar-refractivity contribution in [3.63, 3.8) is 0 Å². The van der Waals surface area contributed by atoms with E-state index in [4.69, 9.17) is 0 Å². The minimum Gasteiger partial charge on any atom is -0.140 e. The molecular weight excluding hydrogens is 164 g/mol. The van der Waals surface area contributed by atoms with E-state index in [0.717, 1.165) is 12.2 Å². The first-order valence-corrected chi connectivity index (χ1v) is 4.27. The van der Waals surface area contributed by atoms with Gasteiger partial charge in [-0.25, -0.2) is 0 Å². The number of hydrogen-bond acceptors (Lipinski definition) is 2. The second-order valence-electron chi connectivity index (χ2n) is 2.73. The van der Waals surface area contributed by atoms with Crippen molar-refractivity contribution in [1.29, 1.82) is 0 Å². The highest BCUT2D eigenvalue weighted by molar-refractivity contribution is 5.28. The van der Waals surface area contributed by atoms with Crippen molar-refractivity contribution in [3.8, 4) is 5.69 Å². The molecule has 0 saturated heterocycles. The van der Waals surface area contributed by atoms with Crippen molar-refractivity contribution in [2.24, 2.45) is 0 Å². The third kappa shape index (κ3) is 1.56. The number of benzene rings is 1. The van der Waals surface area contributed by atoms with Gasteiger partial charge in [-0.05, 0) is 19.1 Å². The molecule has 0 N–H and O–H groups in total. The average molecular weight is 175 g/mol.